The molecule has 1 saturated heterocycles. The summed E-state index contributed by atoms with van der Waals surface area (Å²) in [6, 6.07) is 0. The zero-order valence-electron chi connectivity index (χ0n) is 11.0. The van der Waals surface area contributed by atoms with Crippen LogP contribution in [-0.2, 0) is 0 Å². The minimum atomic E-state index is -4.02. The third-order valence-electron chi connectivity index (χ3n) is 3.30. The number of likely N-dealkylation sites (tertiary alicyclic amines) is 1. The van der Waals surface area contributed by atoms with Crippen LogP contribution in [0.15, 0.2) is 12.2 Å². The number of alkyl halides is 3. The van der Waals surface area contributed by atoms with Crippen LogP contribution in [0.2, 0.25) is 0 Å². The van der Waals surface area contributed by atoms with Crippen LogP contribution in [0.3, 0.4) is 0 Å². The van der Waals surface area contributed by atoms with Crippen molar-refractivity contribution < 1.29 is 13.2 Å². The van der Waals surface area contributed by atoms with Gasteiger partial charge in [0.1, 0.15) is 0 Å². The fraction of sp³-hybridized carbons (Fsp3) is 0.846. The molecule has 106 valence electrons. The molecule has 2 nitrogen and oxygen atoms in total. The van der Waals surface area contributed by atoms with Gasteiger partial charge in [0.25, 0.3) is 0 Å². The molecule has 0 spiro atoms. The molecule has 1 rings (SSSR count). The minimum Gasteiger partial charge on any atom is -0.313 e. The molecule has 1 aliphatic heterocycles. The summed E-state index contributed by atoms with van der Waals surface area (Å²) >= 11 is 0. The highest BCUT2D eigenvalue weighted by atomic mass is 19.4. The van der Waals surface area contributed by atoms with E-state index in [0.29, 0.717) is 19.6 Å². The highest BCUT2D eigenvalue weighted by molar-refractivity contribution is 5.00. The summed E-state index contributed by atoms with van der Waals surface area (Å²) in [5, 5.41) is 3.25. The molecule has 0 aliphatic carbocycles. The zero-order chi connectivity index (χ0) is 13.6. The molecule has 0 aromatic carbocycles. The van der Waals surface area contributed by atoms with E-state index < -0.39 is 12.1 Å². The third-order valence-corrected chi connectivity index (χ3v) is 3.30. The maximum Gasteiger partial charge on any atom is 0.391 e. The lowest BCUT2D eigenvalue weighted by atomic mass is 9.96. The predicted molar refractivity (Wildman–Crippen MR) is 67.5 cm³/mol. The van der Waals surface area contributed by atoms with E-state index in [9.17, 15) is 13.2 Å². The molecule has 0 unspecified atom stereocenters. The molecular weight excluding hydrogens is 241 g/mol. The van der Waals surface area contributed by atoms with Crippen molar-refractivity contribution in [2.24, 2.45) is 5.92 Å². The van der Waals surface area contributed by atoms with E-state index in [1.807, 2.05) is 0 Å². The maximum absolute atomic E-state index is 12.5. The fourth-order valence-electron chi connectivity index (χ4n) is 2.23. The van der Waals surface area contributed by atoms with Crippen LogP contribution in [-0.4, -0.2) is 43.8 Å². The zero-order valence-corrected chi connectivity index (χ0v) is 11.0. The lowest BCUT2D eigenvalue weighted by molar-refractivity contribution is -0.184. The van der Waals surface area contributed by atoms with Crippen molar-refractivity contribution in [1.29, 1.82) is 0 Å². The Hall–Kier alpha value is -0.550. The van der Waals surface area contributed by atoms with E-state index in [0.717, 1.165) is 25.1 Å². The molecule has 0 saturated carbocycles. The van der Waals surface area contributed by atoms with Crippen molar-refractivity contribution >= 4 is 0 Å². The van der Waals surface area contributed by atoms with Gasteiger partial charge in [-0.15, -0.1) is 0 Å². The third kappa shape index (κ3) is 5.40. The Morgan fingerprint density at radius 2 is 1.94 bits per heavy atom. The number of hydrogen-bond donors (Lipinski definition) is 1. The standard InChI is InChI=1S/C13H23F3N2/c1-3-6-17-9-11(2)10-18-7-4-12(5-8-18)13(14,15)16/h12,17H,2-10H2,1H3. The molecule has 0 amide bonds. The summed E-state index contributed by atoms with van der Waals surface area (Å²) in [4.78, 5) is 2.07. The first-order valence-corrected chi connectivity index (χ1v) is 6.60. The average Bonchev–Trinajstić information content (AvgIpc) is 2.29. The molecule has 1 heterocycles. The summed E-state index contributed by atoms with van der Waals surface area (Å²) in [6.45, 7) is 9.53. The van der Waals surface area contributed by atoms with E-state index in [-0.39, 0.29) is 12.8 Å². The van der Waals surface area contributed by atoms with Gasteiger partial charge in [0.05, 0.1) is 5.92 Å². The van der Waals surface area contributed by atoms with Crippen molar-refractivity contribution in [1.82, 2.24) is 10.2 Å². The van der Waals surface area contributed by atoms with Gasteiger partial charge in [-0.05, 0) is 44.5 Å². The maximum atomic E-state index is 12.5. The summed E-state index contributed by atoms with van der Waals surface area (Å²) in [5.74, 6) is -1.11. The molecule has 5 heteroatoms. The topological polar surface area (TPSA) is 15.3 Å². The lowest BCUT2D eigenvalue weighted by Crippen LogP contribution is -2.40. The Labute approximate surface area is 107 Å². The molecule has 1 fully saturated rings. The summed E-state index contributed by atoms with van der Waals surface area (Å²) in [7, 11) is 0. The smallest absolute Gasteiger partial charge is 0.313 e. The van der Waals surface area contributed by atoms with Crippen LogP contribution in [0.5, 0.6) is 0 Å². The van der Waals surface area contributed by atoms with Crippen molar-refractivity contribution in [2.45, 2.75) is 32.4 Å². The van der Waals surface area contributed by atoms with E-state index in [1.165, 1.54) is 0 Å². The van der Waals surface area contributed by atoms with E-state index in [1.54, 1.807) is 0 Å². The summed E-state index contributed by atoms with van der Waals surface area (Å²) in [6.07, 6.45) is -2.51. The van der Waals surface area contributed by atoms with Crippen molar-refractivity contribution in [2.75, 3.05) is 32.7 Å². The molecule has 0 bridgehead atoms. The van der Waals surface area contributed by atoms with Crippen molar-refractivity contribution in [3.05, 3.63) is 12.2 Å². The average molecular weight is 264 g/mol. The first-order valence-electron chi connectivity index (χ1n) is 6.60. The minimum absolute atomic E-state index is 0.221. The Bertz CT molecular complexity index is 255. The first kappa shape index (κ1) is 15.5. The van der Waals surface area contributed by atoms with E-state index in [4.69, 9.17) is 0 Å². The lowest BCUT2D eigenvalue weighted by Gasteiger charge is -2.33. The SMILES string of the molecule is C=C(CNCCC)CN1CCC(C(F)(F)F)CC1. The van der Waals surface area contributed by atoms with Gasteiger partial charge in [-0.2, -0.15) is 13.2 Å². The Balaban J connectivity index is 2.21. The number of nitrogens with zero attached hydrogens (tertiary/aromatic N) is 1. The number of nitrogens with one attached hydrogen (secondary N) is 1. The molecule has 0 aromatic rings. The Morgan fingerprint density at radius 3 is 2.44 bits per heavy atom. The normalized spacial score (nSPS) is 19.1. The van der Waals surface area contributed by atoms with Gasteiger partial charge < -0.3 is 5.32 Å². The van der Waals surface area contributed by atoms with Crippen LogP contribution < -0.4 is 5.32 Å². The number of piperidine rings is 1. The number of halogens is 3. The van der Waals surface area contributed by atoms with Crippen LogP contribution >= 0.6 is 0 Å². The fourth-order valence-corrected chi connectivity index (χ4v) is 2.23. The van der Waals surface area contributed by atoms with Gasteiger partial charge in [-0.1, -0.05) is 13.5 Å². The molecule has 18 heavy (non-hydrogen) atoms. The van der Waals surface area contributed by atoms with Crippen LogP contribution in [0, 0.1) is 5.92 Å². The Kier molecular flexibility index (Phi) is 6.15. The van der Waals surface area contributed by atoms with Crippen molar-refractivity contribution in [3.63, 3.8) is 0 Å². The van der Waals surface area contributed by atoms with E-state index in [2.05, 4.69) is 23.7 Å². The second kappa shape index (κ2) is 7.14. The second-order valence-electron chi connectivity index (χ2n) is 5.02. The number of hydrogen-bond acceptors (Lipinski definition) is 2. The van der Waals surface area contributed by atoms with Gasteiger partial charge in [0, 0.05) is 13.1 Å². The predicted octanol–water partition coefficient (Wildman–Crippen LogP) is 2.82. The van der Waals surface area contributed by atoms with Gasteiger partial charge in [0.15, 0.2) is 0 Å². The molecular formula is C13H23F3N2. The molecule has 1 N–H and O–H groups in total. The highest BCUT2D eigenvalue weighted by Gasteiger charge is 2.40. The van der Waals surface area contributed by atoms with Crippen LogP contribution in [0.25, 0.3) is 0 Å². The van der Waals surface area contributed by atoms with Gasteiger partial charge in [0.2, 0.25) is 0 Å². The summed E-state index contributed by atoms with van der Waals surface area (Å²) in [5.41, 5.74) is 1.05. The highest BCUT2D eigenvalue weighted by Crippen LogP contribution is 2.34. The molecule has 0 radical (unpaired) electrons. The summed E-state index contributed by atoms with van der Waals surface area (Å²) < 4.78 is 37.5. The quantitative estimate of drug-likeness (QED) is 0.586. The van der Waals surface area contributed by atoms with Gasteiger partial charge in [-0.3, -0.25) is 4.90 Å². The second-order valence-corrected chi connectivity index (χ2v) is 5.02. The van der Waals surface area contributed by atoms with Crippen LogP contribution in [0.1, 0.15) is 26.2 Å². The van der Waals surface area contributed by atoms with Crippen LogP contribution in [0.4, 0.5) is 13.2 Å². The number of rotatable bonds is 6. The van der Waals surface area contributed by atoms with Gasteiger partial charge in [-0.25, -0.2) is 0 Å². The van der Waals surface area contributed by atoms with E-state index >= 15 is 0 Å². The monoisotopic (exact) mass is 264 g/mol. The molecule has 1 aliphatic rings. The van der Waals surface area contributed by atoms with Crippen molar-refractivity contribution in [3.8, 4) is 0 Å². The largest absolute Gasteiger partial charge is 0.391 e. The molecule has 0 aromatic heterocycles. The van der Waals surface area contributed by atoms with Gasteiger partial charge >= 0.3 is 6.18 Å². The Morgan fingerprint density at radius 1 is 1.33 bits per heavy atom. The molecule has 0 atom stereocenters. The first-order chi connectivity index (χ1) is 8.43.